The van der Waals surface area contributed by atoms with Gasteiger partial charge in [-0.25, -0.2) is 9.37 Å². The quantitative estimate of drug-likeness (QED) is 0.490. The molecule has 0 radical (unpaired) electrons. The molecule has 5 rings (SSSR count). The maximum absolute atomic E-state index is 14.9. The van der Waals surface area contributed by atoms with E-state index in [-0.39, 0.29) is 5.82 Å². The number of aromatic nitrogens is 2. The van der Waals surface area contributed by atoms with Gasteiger partial charge in [-0.15, -0.1) is 0 Å². The van der Waals surface area contributed by atoms with Crippen molar-refractivity contribution in [2.75, 3.05) is 43.4 Å². The predicted octanol–water partition coefficient (Wildman–Crippen LogP) is 3.73. The molecule has 0 unspecified atom stereocenters. The topological polar surface area (TPSA) is 78.9 Å². The summed E-state index contributed by atoms with van der Waals surface area (Å²) in [6.45, 7) is 3.48. The molecule has 0 aliphatic carbocycles. The number of halogens is 1. The van der Waals surface area contributed by atoms with Gasteiger partial charge in [0, 0.05) is 49.8 Å². The van der Waals surface area contributed by atoms with E-state index in [2.05, 4.69) is 27.1 Å². The molecule has 4 aromatic rings. The van der Waals surface area contributed by atoms with E-state index < -0.39 is 5.91 Å². The average Bonchev–Trinajstić information content (AvgIpc) is 3.31. The number of nitrogens with zero attached hydrogens (tertiary/aromatic N) is 4. The first kappa shape index (κ1) is 21.0. The monoisotopic (exact) mass is 444 g/mol. The van der Waals surface area contributed by atoms with Gasteiger partial charge in [0.2, 0.25) is 5.91 Å². The number of nitrogens with one attached hydrogen (secondary N) is 1. The number of pyridine rings is 1. The summed E-state index contributed by atoms with van der Waals surface area (Å²) in [5, 5.41) is 3.30. The second-order valence-electron chi connectivity index (χ2n) is 8.28. The molecule has 2 aromatic carbocycles. The Morgan fingerprint density at radius 3 is 2.48 bits per heavy atom. The standard InChI is InChI=1S/C25H25FN6O/c1-30-12-14-31(15-13-30)23-8-6-19(16-20(23)26)29-21-7-9-22(32-11-10-28-25(21)32)17-2-4-18(5-3-17)24(27)33/h2-11,16,29H,12-15H2,1H3,(H2,27,33). The number of imidazole rings is 1. The van der Waals surface area contributed by atoms with E-state index in [1.807, 2.05) is 47.0 Å². The fourth-order valence-corrected chi connectivity index (χ4v) is 4.20. The summed E-state index contributed by atoms with van der Waals surface area (Å²) in [4.78, 5) is 20.2. The number of hydrogen-bond donors (Lipinski definition) is 2. The number of nitrogens with two attached hydrogens (primary N) is 1. The van der Waals surface area contributed by atoms with Gasteiger partial charge in [0.15, 0.2) is 5.65 Å². The molecule has 7 nitrogen and oxygen atoms in total. The Bertz CT molecular complexity index is 1310. The summed E-state index contributed by atoms with van der Waals surface area (Å²) in [6, 6.07) is 16.3. The van der Waals surface area contributed by atoms with Crippen molar-refractivity contribution in [3.63, 3.8) is 0 Å². The van der Waals surface area contributed by atoms with Gasteiger partial charge in [-0.1, -0.05) is 12.1 Å². The van der Waals surface area contributed by atoms with Crippen LogP contribution in [-0.4, -0.2) is 53.4 Å². The lowest BCUT2D eigenvalue weighted by atomic mass is 10.1. The van der Waals surface area contributed by atoms with Gasteiger partial charge >= 0.3 is 0 Å². The Balaban J connectivity index is 1.41. The second kappa shape index (κ2) is 8.55. The molecule has 1 aliphatic heterocycles. The smallest absolute Gasteiger partial charge is 0.248 e. The van der Waals surface area contributed by atoms with E-state index >= 15 is 0 Å². The largest absolute Gasteiger partial charge is 0.367 e. The van der Waals surface area contributed by atoms with Crippen LogP contribution in [0.5, 0.6) is 0 Å². The summed E-state index contributed by atoms with van der Waals surface area (Å²) >= 11 is 0. The minimum absolute atomic E-state index is 0.241. The molecular weight excluding hydrogens is 419 g/mol. The van der Waals surface area contributed by atoms with Gasteiger partial charge in [-0.05, 0) is 55.1 Å². The van der Waals surface area contributed by atoms with Crippen LogP contribution >= 0.6 is 0 Å². The van der Waals surface area contributed by atoms with Crippen LogP contribution in [0.25, 0.3) is 16.9 Å². The third kappa shape index (κ3) is 4.12. The van der Waals surface area contributed by atoms with Crippen molar-refractivity contribution < 1.29 is 9.18 Å². The number of anilines is 3. The normalized spacial score (nSPS) is 14.5. The number of benzene rings is 2. The molecule has 33 heavy (non-hydrogen) atoms. The van der Waals surface area contributed by atoms with Crippen molar-refractivity contribution >= 4 is 28.6 Å². The number of hydrogen-bond acceptors (Lipinski definition) is 5. The molecule has 0 saturated carbocycles. The molecule has 3 heterocycles. The van der Waals surface area contributed by atoms with Crippen LogP contribution in [0.15, 0.2) is 67.0 Å². The van der Waals surface area contributed by atoms with E-state index in [0.717, 1.165) is 48.8 Å². The highest BCUT2D eigenvalue weighted by molar-refractivity contribution is 5.93. The number of piperazine rings is 1. The first-order valence-corrected chi connectivity index (χ1v) is 10.9. The lowest BCUT2D eigenvalue weighted by Crippen LogP contribution is -2.44. The molecule has 168 valence electrons. The first-order valence-electron chi connectivity index (χ1n) is 10.9. The summed E-state index contributed by atoms with van der Waals surface area (Å²) in [7, 11) is 2.08. The maximum Gasteiger partial charge on any atom is 0.248 e. The van der Waals surface area contributed by atoms with Crippen molar-refractivity contribution in [2.24, 2.45) is 5.73 Å². The van der Waals surface area contributed by atoms with Crippen molar-refractivity contribution in [1.82, 2.24) is 14.3 Å². The molecule has 1 saturated heterocycles. The van der Waals surface area contributed by atoms with Crippen LogP contribution in [0.2, 0.25) is 0 Å². The zero-order chi connectivity index (χ0) is 22.9. The Kier molecular flexibility index (Phi) is 5.43. The molecular formula is C25H25FN6O. The van der Waals surface area contributed by atoms with Gasteiger partial charge in [-0.3, -0.25) is 9.20 Å². The highest BCUT2D eigenvalue weighted by Crippen LogP contribution is 2.30. The molecule has 0 bridgehead atoms. The minimum Gasteiger partial charge on any atom is -0.367 e. The SMILES string of the molecule is CN1CCN(c2ccc(Nc3ccc(-c4ccc(C(N)=O)cc4)n4ccnc34)cc2F)CC1. The molecule has 0 spiro atoms. The Hall–Kier alpha value is -3.91. The summed E-state index contributed by atoms with van der Waals surface area (Å²) < 4.78 is 16.9. The van der Waals surface area contributed by atoms with Gasteiger partial charge < -0.3 is 20.9 Å². The Morgan fingerprint density at radius 1 is 1.03 bits per heavy atom. The highest BCUT2D eigenvalue weighted by Gasteiger charge is 2.18. The molecule has 8 heteroatoms. The van der Waals surface area contributed by atoms with Crippen molar-refractivity contribution in [2.45, 2.75) is 0 Å². The summed E-state index contributed by atoms with van der Waals surface area (Å²) in [5.41, 5.74) is 10.4. The molecule has 1 fully saturated rings. The first-order chi connectivity index (χ1) is 16.0. The Labute approximate surface area is 191 Å². The van der Waals surface area contributed by atoms with Crippen LogP contribution in [0.1, 0.15) is 10.4 Å². The summed E-state index contributed by atoms with van der Waals surface area (Å²) in [5.74, 6) is -0.699. The predicted molar refractivity (Wildman–Crippen MR) is 129 cm³/mol. The van der Waals surface area contributed by atoms with E-state index in [4.69, 9.17) is 5.73 Å². The van der Waals surface area contributed by atoms with E-state index in [9.17, 15) is 9.18 Å². The number of primary amides is 1. The third-order valence-electron chi connectivity index (χ3n) is 6.08. The van der Waals surface area contributed by atoms with Crippen LogP contribution < -0.4 is 16.0 Å². The van der Waals surface area contributed by atoms with Crippen LogP contribution in [0, 0.1) is 5.82 Å². The van der Waals surface area contributed by atoms with Gasteiger partial charge in [0.25, 0.3) is 0 Å². The van der Waals surface area contributed by atoms with Crippen molar-refractivity contribution in [3.8, 4) is 11.3 Å². The number of likely N-dealkylation sites (N-methyl/N-ethyl adjacent to an activating group) is 1. The lowest BCUT2D eigenvalue weighted by molar-refractivity contribution is 0.100. The lowest BCUT2D eigenvalue weighted by Gasteiger charge is -2.34. The van der Waals surface area contributed by atoms with Crippen LogP contribution in [0.3, 0.4) is 0 Å². The van der Waals surface area contributed by atoms with Crippen LogP contribution in [-0.2, 0) is 0 Å². The molecule has 3 N–H and O–H groups in total. The maximum atomic E-state index is 14.9. The van der Waals surface area contributed by atoms with Gasteiger partial charge in [0.1, 0.15) is 5.82 Å². The van der Waals surface area contributed by atoms with Gasteiger partial charge in [-0.2, -0.15) is 0 Å². The molecule has 1 amide bonds. The highest BCUT2D eigenvalue weighted by atomic mass is 19.1. The number of carbonyl (C=O) groups is 1. The van der Waals surface area contributed by atoms with Crippen molar-refractivity contribution in [3.05, 3.63) is 78.4 Å². The van der Waals surface area contributed by atoms with Gasteiger partial charge in [0.05, 0.1) is 17.1 Å². The molecule has 2 aromatic heterocycles. The van der Waals surface area contributed by atoms with E-state index in [1.165, 1.54) is 6.07 Å². The van der Waals surface area contributed by atoms with Crippen molar-refractivity contribution in [1.29, 1.82) is 0 Å². The minimum atomic E-state index is -0.459. The third-order valence-corrected chi connectivity index (χ3v) is 6.08. The number of carbonyl (C=O) groups excluding carboxylic acids is 1. The number of fused-ring (bicyclic) bond motifs is 1. The number of amides is 1. The molecule has 1 aliphatic rings. The van der Waals surface area contributed by atoms with E-state index in [1.54, 1.807) is 18.3 Å². The molecule has 0 atom stereocenters. The average molecular weight is 445 g/mol. The zero-order valence-electron chi connectivity index (χ0n) is 18.3. The number of rotatable bonds is 5. The Morgan fingerprint density at radius 2 is 1.79 bits per heavy atom. The summed E-state index contributed by atoms with van der Waals surface area (Å²) in [6.07, 6.45) is 3.59. The fraction of sp³-hybridized carbons (Fsp3) is 0.200. The second-order valence-corrected chi connectivity index (χ2v) is 8.28. The zero-order valence-corrected chi connectivity index (χ0v) is 18.3. The van der Waals surface area contributed by atoms with Crippen LogP contribution in [0.4, 0.5) is 21.5 Å². The fourth-order valence-electron chi connectivity index (χ4n) is 4.20. The van der Waals surface area contributed by atoms with E-state index in [0.29, 0.717) is 16.9 Å².